The van der Waals surface area contributed by atoms with Gasteiger partial charge in [-0.1, -0.05) is 27.2 Å². The lowest BCUT2D eigenvalue weighted by atomic mass is 9.75. The van der Waals surface area contributed by atoms with E-state index in [4.69, 9.17) is 0 Å². The molecule has 1 N–H and O–H groups in total. The molecule has 1 fully saturated rings. The lowest BCUT2D eigenvalue weighted by Crippen LogP contribution is -2.24. The summed E-state index contributed by atoms with van der Waals surface area (Å²) < 4.78 is 2.34. The molecule has 1 heterocycles. The van der Waals surface area contributed by atoms with Crippen molar-refractivity contribution >= 4 is 0 Å². The van der Waals surface area contributed by atoms with Gasteiger partial charge in [-0.3, -0.25) is 0 Å². The number of rotatable bonds is 5. The Hall–Kier alpha value is -0.830. The topological polar surface area (TPSA) is 29.9 Å². The van der Waals surface area contributed by atoms with Crippen LogP contribution >= 0.6 is 0 Å². The van der Waals surface area contributed by atoms with Crippen molar-refractivity contribution < 1.29 is 0 Å². The molecule has 1 aliphatic rings. The first-order valence-electron chi connectivity index (χ1n) is 7.34. The molecule has 0 radical (unpaired) electrons. The van der Waals surface area contributed by atoms with Gasteiger partial charge < -0.3 is 9.88 Å². The van der Waals surface area contributed by atoms with Crippen LogP contribution in [0.4, 0.5) is 0 Å². The maximum absolute atomic E-state index is 4.51. The van der Waals surface area contributed by atoms with E-state index in [0.717, 1.165) is 13.1 Å². The second-order valence-electron chi connectivity index (χ2n) is 6.40. The van der Waals surface area contributed by atoms with E-state index in [1.807, 2.05) is 6.33 Å². The molecule has 102 valence electrons. The highest BCUT2D eigenvalue weighted by Crippen LogP contribution is 2.40. The molecule has 18 heavy (non-hydrogen) atoms. The Kier molecular flexibility index (Phi) is 4.44. The van der Waals surface area contributed by atoms with Crippen molar-refractivity contribution in [1.29, 1.82) is 0 Å². The Labute approximate surface area is 111 Å². The average Bonchev–Trinajstić information content (AvgIpc) is 2.77. The van der Waals surface area contributed by atoms with Gasteiger partial charge in [-0.2, -0.15) is 0 Å². The molecular formula is C15H27N3. The van der Waals surface area contributed by atoms with Crippen LogP contribution in [-0.4, -0.2) is 16.1 Å². The van der Waals surface area contributed by atoms with Crippen molar-refractivity contribution in [3.63, 3.8) is 0 Å². The predicted octanol–water partition coefficient (Wildman–Crippen LogP) is 3.52. The van der Waals surface area contributed by atoms with Crippen LogP contribution in [0.5, 0.6) is 0 Å². The number of hydrogen-bond acceptors (Lipinski definition) is 2. The Morgan fingerprint density at radius 3 is 3.06 bits per heavy atom. The molecular weight excluding hydrogens is 222 g/mol. The van der Waals surface area contributed by atoms with E-state index in [-0.39, 0.29) is 0 Å². The number of aromatic nitrogens is 2. The van der Waals surface area contributed by atoms with Crippen molar-refractivity contribution in [3.8, 4) is 0 Å². The predicted molar refractivity (Wildman–Crippen MR) is 75.5 cm³/mol. The molecule has 3 heteroatoms. The Morgan fingerprint density at radius 1 is 1.50 bits per heavy atom. The zero-order valence-corrected chi connectivity index (χ0v) is 12.1. The third-order valence-electron chi connectivity index (χ3n) is 3.99. The SMILES string of the molecule is CCCNCc1cn(C2CCCC(C)(C)C2)cn1. The maximum atomic E-state index is 4.51. The van der Waals surface area contributed by atoms with Crippen molar-refractivity contribution in [2.45, 2.75) is 65.5 Å². The van der Waals surface area contributed by atoms with Gasteiger partial charge in [-0.25, -0.2) is 4.98 Å². The normalized spacial score (nSPS) is 23.2. The molecule has 0 saturated heterocycles. The van der Waals surface area contributed by atoms with Gasteiger partial charge in [0.2, 0.25) is 0 Å². The van der Waals surface area contributed by atoms with Gasteiger partial charge in [-0.15, -0.1) is 0 Å². The summed E-state index contributed by atoms with van der Waals surface area (Å²) in [6, 6.07) is 0.654. The summed E-state index contributed by atoms with van der Waals surface area (Å²) in [6.45, 7) is 8.94. The first-order valence-corrected chi connectivity index (χ1v) is 7.34. The summed E-state index contributed by atoms with van der Waals surface area (Å²) in [6.07, 6.45) is 10.7. The molecule has 1 unspecified atom stereocenters. The van der Waals surface area contributed by atoms with E-state index in [0.29, 0.717) is 11.5 Å². The Bertz CT molecular complexity index is 368. The standard InChI is InChI=1S/C15H27N3/c1-4-8-16-10-13-11-18(12-17-13)14-6-5-7-15(2,3)9-14/h11-12,14,16H,4-10H2,1-3H3. The quantitative estimate of drug-likeness (QED) is 0.809. The van der Waals surface area contributed by atoms with E-state index in [1.54, 1.807) is 0 Å². The summed E-state index contributed by atoms with van der Waals surface area (Å²) in [4.78, 5) is 4.51. The molecule has 0 spiro atoms. The van der Waals surface area contributed by atoms with Crippen molar-refractivity contribution in [2.75, 3.05) is 6.54 Å². The fraction of sp³-hybridized carbons (Fsp3) is 0.800. The fourth-order valence-electron chi connectivity index (χ4n) is 2.98. The van der Waals surface area contributed by atoms with E-state index >= 15 is 0 Å². The first-order chi connectivity index (χ1) is 8.61. The van der Waals surface area contributed by atoms with Crippen LogP contribution < -0.4 is 5.32 Å². The molecule has 1 aromatic rings. The second-order valence-corrected chi connectivity index (χ2v) is 6.40. The Morgan fingerprint density at radius 2 is 2.33 bits per heavy atom. The molecule has 1 aromatic heterocycles. The van der Waals surface area contributed by atoms with Crippen LogP contribution in [0.1, 0.15) is 64.6 Å². The zero-order chi connectivity index (χ0) is 13.0. The minimum atomic E-state index is 0.494. The van der Waals surface area contributed by atoms with Crippen LogP contribution in [0.25, 0.3) is 0 Å². The highest BCUT2D eigenvalue weighted by molar-refractivity contribution is 4.99. The number of imidazole rings is 1. The molecule has 1 aliphatic carbocycles. The maximum Gasteiger partial charge on any atom is 0.0952 e. The van der Waals surface area contributed by atoms with Crippen molar-refractivity contribution in [1.82, 2.24) is 14.9 Å². The van der Waals surface area contributed by atoms with Gasteiger partial charge in [0.25, 0.3) is 0 Å². The average molecular weight is 249 g/mol. The molecule has 0 bridgehead atoms. The van der Waals surface area contributed by atoms with Gasteiger partial charge in [0, 0.05) is 18.8 Å². The van der Waals surface area contributed by atoms with E-state index in [1.165, 1.54) is 37.8 Å². The third kappa shape index (κ3) is 3.58. The summed E-state index contributed by atoms with van der Waals surface area (Å²) in [5.41, 5.74) is 1.67. The second kappa shape index (κ2) is 5.87. The largest absolute Gasteiger partial charge is 0.334 e. The van der Waals surface area contributed by atoms with Crippen molar-refractivity contribution in [2.24, 2.45) is 5.41 Å². The van der Waals surface area contributed by atoms with Crippen LogP contribution in [0.2, 0.25) is 0 Å². The monoisotopic (exact) mass is 249 g/mol. The van der Waals surface area contributed by atoms with Crippen LogP contribution in [0, 0.1) is 5.41 Å². The van der Waals surface area contributed by atoms with Gasteiger partial charge in [0.05, 0.1) is 12.0 Å². The van der Waals surface area contributed by atoms with Gasteiger partial charge in [0.15, 0.2) is 0 Å². The molecule has 2 rings (SSSR count). The Balaban J connectivity index is 1.92. The van der Waals surface area contributed by atoms with Gasteiger partial charge in [0.1, 0.15) is 0 Å². The van der Waals surface area contributed by atoms with Crippen molar-refractivity contribution in [3.05, 3.63) is 18.2 Å². The summed E-state index contributed by atoms with van der Waals surface area (Å²) in [5, 5.41) is 3.41. The van der Waals surface area contributed by atoms with Crippen LogP contribution in [-0.2, 0) is 6.54 Å². The van der Waals surface area contributed by atoms with E-state index in [2.05, 4.69) is 41.8 Å². The first kappa shape index (κ1) is 13.6. The molecule has 0 aromatic carbocycles. The number of hydrogen-bond donors (Lipinski definition) is 1. The van der Waals surface area contributed by atoms with Gasteiger partial charge >= 0.3 is 0 Å². The third-order valence-corrected chi connectivity index (χ3v) is 3.99. The minimum Gasteiger partial charge on any atom is -0.334 e. The molecule has 3 nitrogen and oxygen atoms in total. The fourth-order valence-corrected chi connectivity index (χ4v) is 2.98. The van der Waals surface area contributed by atoms with E-state index in [9.17, 15) is 0 Å². The summed E-state index contributed by atoms with van der Waals surface area (Å²) in [7, 11) is 0. The highest BCUT2D eigenvalue weighted by Gasteiger charge is 2.28. The summed E-state index contributed by atoms with van der Waals surface area (Å²) in [5.74, 6) is 0. The molecule has 1 atom stereocenters. The lowest BCUT2D eigenvalue weighted by Gasteiger charge is -2.35. The smallest absolute Gasteiger partial charge is 0.0952 e. The number of nitrogens with zero attached hydrogens (tertiary/aromatic N) is 2. The molecule has 0 amide bonds. The van der Waals surface area contributed by atoms with Crippen LogP contribution in [0.15, 0.2) is 12.5 Å². The molecule has 0 aliphatic heterocycles. The molecule has 1 saturated carbocycles. The lowest BCUT2D eigenvalue weighted by molar-refractivity contribution is 0.183. The van der Waals surface area contributed by atoms with E-state index < -0.39 is 0 Å². The zero-order valence-electron chi connectivity index (χ0n) is 12.1. The minimum absolute atomic E-state index is 0.494. The number of nitrogens with one attached hydrogen (secondary N) is 1. The van der Waals surface area contributed by atoms with Gasteiger partial charge in [-0.05, 0) is 37.6 Å². The van der Waals surface area contributed by atoms with Crippen LogP contribution in [0.3, 0.4) is 0 Å². The highest BCUT2D eigenvalue weighted by atomic mass is 15.1. The summed E-state index contributed by atoms with van der Waals surface area (Å²) >= 11 is 0.